The summed E-state index contributed by atoms with van der Waals surface area (Å²) in [5.74, 6) is 0.892. The van der Waals surface area contributed by atoms with Crippen LogP contribution >= 0.6 is 0 Å². The highest BCUT2D eigenvalue weighted by Crippen LogP contribution is 2.31. The van der Waals surface area contributed by atoms with Crippen LogP contribution < -0.4 is 5.32 Å². The lowest BCUT2D eigenvalue weighted by atomic mass is 10.1. The molecule has 0 fully saturated rings. The Morgan fingerprint density at radius 1 is 1.32 bits per heavy atom. The van der Waals surface area contributed by atoms with Crippen molar-refractivity contribution >= 4 is 33.8 Å². The van der Waals surface area contributed by atoms with Crippen molar-refractivity contribution in [3.8, 4) is 11.3 Å². The molecular weight excluding hydrogens is 352 g/mol. The van der Waals surface area contributed by atoms with Gasteiger partial charge in [-0.15, -0.1) is 0 Å². The number of nitrogens with zero attached hydrogens (tertiary/aromatic N) is 4. The molecule has 0 unspecified atom stereocenters. The van der Waals surface area contributed by atoms with Crippen molar-refractivity contribution in [2.45, 2.75) is 19.9 Å². The predicted molar refractivity (Wildman–Crippen MR) is 112 cm³/mol. The molecule has 0 saturated heterocycles. The minimum Gasteiger partial charge on any atom is -0.371 e. The summed E-state index contributed by atoms with van der Waals surface area (Å²) >= 11 is 0. The zero-order chi connectivity index (χ0) is 19.8. The van der Waals surface area contributed by atoms with Crippen LogP contribution in [0, 0.1) is 0 Å². The van der Waals surface area contributed by atoms with E-state index in [2.05, 4.69) is 33.5 Å². The van der Waals surface area contributed by atoms with E-state index in [1.54, 1.807) is 11.2 Å². The number of benzene rings is 1. The number of carbonyl (C=O) groups excluding carboxylic acids is 1. The Morgan fingerprint density at radius 2 is 2.14 bits per heavy atom. The van der Waals surface area contributed by atoms with E-state index in [4.69, 9.17) is 4.98 Å². The van der Waals surface area contributed by atoms with Gasteiger partial charge in [0.2, 0.25) is 5.91 Å². The lowest BCUT2D eigenvalue weighted by molar-refractivity contribution is -0.130. The molecule has 1 aromatic carbocycles. The lowest BCUT2D eigenvalue weighted by Gasteiger charge is -2.16. The first-order chi connectivity index (χ1) is 13.5. The van der Waals surface area contributed by atoms with Gasteiger partial charge in [-0.05, 0) is 23.3 Å². The number of aryl methyl sites for hydroxylation is 1. The fourth-order valence-corrected chi connectivity index (χ4v) is 3.60. The molecule has 0 bridgehead atoms. The third-order valence-corrected chi connectivity index (χ3v) is 5.06. The number of hydrogen-bond acceptors (Lipinski definition) is 4. The van der Waals surface area contributed by atoms with Crippen molar-refractivity contribution in [2.24, 2.45) is 7.05 Å². The van der Waals surface area contributed by atoms with Crippen molar-refractivity contribution in [2.75, 3.05) is 19.4 Å². The van der Waals surface area contributed by atoms with Gasteiger partial charge in [0.25, 0.3) is 0 Å². The van der Waals surface area contributed by atoms with Gasteiger partial charge in [-0.2, -0.15) is 0 Å². The van der Waals surface area contributed by atoms with E-state index in [9.17, 15) is 4.79 Å². The van der Waals surface area contributed by atoms with Gasteiger partial charge < -0.3 is 19.8 Å². The SMILES string of the molecule is CCC(=O)N(C)Cc1cccc(-c2cc3c(nc(NC)c4ncn(C)c43)[nH]2)c1. The molecule has 144 valence electrons. The first kappa shape index (κ1) is 18.0. The van der Waals surface area contributed by atoms with Crippen LogP contribution in [-0.2, 0) is 18.4 Å². The van der Waals surface area contributed by atoms with E-state index in [0.717, 1.165) is 44.7 Å². The number of anilines is 1. The standard InChI is InChI=1S/C21H24N6O/c1-5-17(28)26(3)11-13-7-6-8-14(9-13)16-10-15-19-18(23-12-27(19)4)21(22-2)25-20(15)24-16/h6-10,12H,5,11H2,1-4H3,(H2,22,24,25). The van der Waals surface area contributed by atoms with Crippen LogP contribution in [0.5, 0.6) is 0 Å². The molecule has 7 nitrogen and oxygen atoms in total. The number of aromatic nitrogens is 4. The number of pyridine rings is 1. The summed E-state index contributed by atoms with van der Waals surface area (Å²) in [6, 6.07) is 10.4. The average Bonchev–Trinajstić information content (AvgIpc) is 3.30. The summed E-state index contributed by atoms with van der Waals surface area (Å²) in [5, 5.41) is 4.16. The van der Waals surface area contributed by atoms with E-state index < -0.39 is 0 Å². The van der Waals surface area contributed by atoms with Gasteiger partial charge in [0.1, 0.15) is 11.2 Å². The van der Waals surface area contributed by atoms with Crippen molar-refractivity contribution in [3.63, 3.8) is 0 Å². The fraction of sp³-hybridized carbons (Fsp3) is 0.286. The Hall–Kier alpha value is -3.35. The second-order valence-corrected chi connectivity index (χ2v) is 7.01. The number of rotatable bonds is 5. The Labute approximate surface area is 163 Å². The first-order valence-corrected chi connectivity index (χ1v) is 9.36. The predicted octanol–water partition coefficient (Wildman–Crippen LogP) is 3.53. The number of hydrogen-bond donors (Lipinski definition) is 2. The summed E-state index contributed by atoms with van der Waals surface area (Å²) in [7, 11) is 5.68. The fourth-order valence-electron chi connectivity index (χ4n) is 3.60. The maximum absolute atomic E-state index is 11.9. The highest BCUT2D eigenvalue weighted by atomic mass is 16.2. The Balaban J connectivity index is 1.78. The summed E-state index contributed by atoms with van der Waals surface area (Å²) in [5.41, 5.74) is 5.87. The molecule has 1 amide bonds. The van der Waals surface area contributed by atoms with Gasteiger partial charge in [0, 0.05) is 45.2 Å². The van der Waals surface area contributed by atoms with Gasteiger partial charge in [-0.1, -0.05) is 25.1 Å². The quantitative estimate of drug-likeness (QED) is 0.558. The highest BCUT2D eigenvalue weighted by Gasteiger charge is 2.15. The number of fused-ring (bicyclic) bond motifs is 3. The molecule has 0 aliphatic carbocycles. The van der Waals surface area contributed by atoms with Crippen molar-refractivity contribution in [1.82, 2.24) is 24.4 Å². The van der Waals surface area contributed by atoms with Gasteiger partial charge in [-0.3, -0.25) is 4.79 Å². The molecule has 2 N–H and O–H groups in total. The zero-order valence-corrected chi connectivity index (χ0v) is 16.6. The summed E-state index contributed by atoms with van der Waals surface area (Å²) in [6.45, 7) is 2.47. The molecule has 4 rings (SSSR count). The third kappa shape index (κ3) is 2.98. The van der Waals surface area contributed by atoms with Crippen LogP contribution in [0.2, 0.25) is 0 Å². The summed E-state index contributed by atoms with van der Waals surface area (Å²) in [6.07, 6.45) is 2.32. The normalized spacial score (nSPS) is 11.3. The van der Waals surface area contributed by atoms with Gasteiger partial charge in [0.15, 0.2) is 5.82 Å². The molecule has 0 spiro atoms. The van der Waals surface area contributed by atoms with Gasteiger partial charge in [0.05, 0.1) is 11.8 Å². The minimum atomic E-state index is 0.137. The molecule has 7 heteroatoms. The smallest absolute Gasteiger partial charge is 0.222 e. The largest absolute Gasteiger partial charge is 0.371 e. The van der Waals surface area contributed by atoms with Crippen molar-refractivity contribution < 1.29 is 4.79 Å². The Bertz CT molecular complexity index is 1170. The number of carbonyl (C=O) groups is 1. The number of amides is 1. The maximum Gasteiger partial charge on any atom is 0.222 e. The minimum absolute atomic E-state index is 0.137. The molecule has 28 heavy (non-hydrogen) atoms. The Kier molecular flexibility index (Phi) is 4.50. The average molecular weight is 376 g/mol. The zero-order valence-electron chi connectivity index (χ0n) is 16.6. The molecule has 0 saturated carbocycles. The van der Waals surface area contributed by atoms with Crippen LogP contribution in [0.1, 0.15) is 18.9 Å². The maximum atomic E-state index is 11.9. The molecule has 0 aliphatic rings. The van der Waals surface area contributed by atoms with E-state index >= 15 is 0 Å². The summed E-state index contributed by atoms with van der Waals surface area (Å²) < 4.78 is 2.01. The lowest BCUT2D eigenvalue weighted by Crippen LogP contribution is -2.25. The summed E-state index contributed by atoms with van der Waals surface area (Å²) in [4.78, 5) is 26.2. The Morgan fingerprint density at radius 3 is 2.89 bits per heavy atom. The number of imidazole rings is 1. The van der Waals surface area contributed by atoms with Crippen LogP contribution in [0.4, 0.5) is 5.82 Å². The van der Waals surface area contributed by atoms with E-state index in [0.29, 0.717) is 13.0 Å². The van der Waals surface area contributed by atoms with Gasteiger partial charge in [-0.25, -0.2) is 9.97 Å². The van der Waals surface area contributed by atoms with E-state index in [1.807, 2.05) is 44.8 Å². The topological polar surface area (TPSA) is 78.8 Å². The second kappa shape index (κ2) is 6.99. The molecule has 0 atom stereocenters. The molecule has 0 aliphatic heterocycles. The van der Waals surface area contributed by atoms with E-state index in [-0.39, 0.29) is 5.91 Å². The number of H-pyrrole nitrogens is 1. The van der Waals surface area contributed by atoms with Crippen LogP contribution in [0.25, 0.3) is 33.3 Å². The van der Waals surface area contributed by atoms with Crippen molar-refractivity contribution in [1.29, 1.82) is 0 Å². The molecule has 3 heterocycles. The van der Waals surface area contributed by atoms with Crippen LogP contribution in [0.3, 0.4) is 0 Å². The van der Waals surface area contributed by atoms with Crippen molar-refractivity contribution in [3.05, 3.63) is 42.2 Å². The number of aromatic amines is 1. The highest BCUT2D eigenvalue weighted by molar-refractivity contribution is 6.07. The van der Waals surface area contributed by atoms with Gasteiger partial charge >= 0.3 is 0 Å². The van der Waals surface area contributed by atoms with E-state index in [1.165, 1.54) is 0 Å². The van der Waals surface area contributed by atoms with Crippen LogP contribution in [-0.4, -0.2) is 44.4 Å². The first-order valence-electron chi connectivity index (χ1n) is 9.36. The second-order valence-electron chi connectivity index (χ2n) is 7.01. The molecule has 4 aromatic rings. The number of nitrogens with one attached hydrogen (secondary N) is 2. The molecular formula is C21H24N6O. The molecule has 0 radical (unpaired) electrons. The monoisotopic (exact) mass is 376 g/mol. The third-order valence-electron chi connectivity index (χ3n) is 5.06. The molecule has 3 aromatic heterocycles. The van der Waals surface area contributed by atoms with Crippen LogP contribution in [0.15, 0.2) is 36.7 Å².